The molecule has 0 spiro atoms. The van der Waals surface area contributed by atoms with Crippen molar-refractivity contribution in [1.82, 2.24) is 20.4 Å². The Labute approximate surface area is 169 Å². The molecule has 3 heterocycles. The quantitative estimate of drug-likeness (QED) is 0.406. The Balaban J connectivity index is 0.00000225. The number of piperazine rings is 1. The van der Waals surface area contributed by atoms with Crippen LogP contribution in [0.3, 0.4) is 0 Å². The lowest BCUT2D eigenvalue weighted by molar-refractivity contribution is 0.368. The molecule has 1 saturated heterocycles. The van der Waals surface area contributed by atoms with Crippen LogP contribution in [-0.4, -0.2) is 60.3 Å². The van der Waals surface area contributed by atoms with E-state index in [0.29, 0.717) is 24.7 Å². The second kappa shape index (κ2) is 9.95. The first-order valence-corrected chi connectivity index (χ1v) is 9.25. The summed E-state index contributed by atoms with van der Waals surface area (Å²) in [6, 6.07) is 4.29. The molecule has 0 bridgehead atoms. The summed E-state index contributed by atoms with van der Waals surface area (Å²) in [7, 11) is 0. The largest absolute Gasteiger partial charge is 0.360 e. The summed E-state index contributed by atoms with van der Waals surface area (Å²) in [4.78, 5) is 13.7. The Hall–Kier alpha value is -1.36. The number of anilines is 1. The molecular weight excluding hydrogens is 451 g/mol. The van der Waals surface area contributed by atoms with Crippen molar-refractivity contribution in [2.24, 2.45) is 4.99 Å². The maximum atomic E-state index is 5.14. The van der Waals surface area contributed by atoms with Crippen LogP contribution < -0.4 is 10.2 Å². The van der Waals surface area contributed by atoms with Gasteiger partial charge in [0.2, 0.25) is 5.89 Å². The van der Waals surface area contributed by atoms with Gasteiger partial charge in [0.1, 0.15) is 0 Å². The van der Waals surface area contributed by atoms with Crippen LogP contribution >= 0.6 is 35.3 Å². The molecule has 2 aromatic heterocycles. The summed E-state index contributed by atoms with van der Waals surface area (Å²) in [6.07, 6.45) is 0.672. The molecule has 0 radical (unpaired) electrons. The van der Waals surface area contributed by atoms with Gasteiger partial charge in [0.25, 0.3) is 0 Å². The van der Waals surface area contributed by atoms with E-state index in [0.717, 1.165) is 38.7 Å². The van der Waals surface area contributed by atoms with E-state index in [2.05, 4.69) is 49.7 Å². The van der Waals surface area contributed by atoms with Crippen molar-refractivity contribution in [2.75, 3.05) is 44.2 Å². The molecule has 3 rings (SSSR count). The number of hydrogen-bond donors (Lipinski definition) is 1. The minimum Gasteiger partial charge on any atom is -0.360 e. The zero-order chi connectivity index (χ0) is 16.8. The molecule has 1 aliphatic rings. The van der Waals surface area contributed by atoms with Crippen LogP contribution in [-0.2, 0) is 6.42 Å². The van der Waals surface area contributed by atoms with Crippen molar-refractivity contribution in [2.45, 2.75) is 20.3 Å². The van der Waals surface area contributed by atoms with Gasteiger partial charge in [-0.25, -0.2) is 0 Å². The molecule has 0 atom stereocenters. The van der Waals surface area contributed by atoms with Crippen LogP contribution in [0.1, 0.15) is 18.6 Å². The third-order valence-electron chi connectivity index (χ3n) is 3.89. The summed E-state index contributed by atoms with van der Waals surface area (Å²) in [6.45, 7) is 9.43. The monoisotopic (exact) mass is 476 g/mol. The highest BCUT2D eigenvalue weighted by atomic mass is 127. The molecule has 0 aromatic carbocycles. The topological polar surface area (TPSA) is 69.8 Å². The molecule has 25 heavy (non-hydrogen) atoms. The van der Waals surface area contributed by atoms with E-state index in [-0.39, 0.29) is 24.0 Å². The second-order valence-corrected chi connectivity index (χ2v) is 6.57. The summed E-state index contributed by atoms with van der Waals surface area (Å²) in [5.74, 6) is 2.29. The molecule has 2 aromatic rings. The molecule has 138 valence electrons. The number of halogens is 1. The lowest BCUT2D eigenvalue weighted by Crippen LogP contribution is -2.52. The molecule has 0 saturated carbocycles. The molecule has 0 amide bonds. The standard InChI is InChI=1S/C16H24N6OS.HI/c1-3-17-16(18-7-6-14-19-13(2)20-23-14)22-10-8-21(9-11-22)15-5-4-12-24-15;/h4-5,12H,3,6-11H2,1-2H3,(H,17,18);1H. The first-order valence-electron chi connectivity index (χ1n) is 8.37. The Bertz CT molecular complexity index is 651. The fourth-order valence-electron chi connectivity index (χ4n) is 2.71. The number of thiophene rings is 1. The van der Waals surface area contributed by atoms with Crippen LogP contribution in [0.5, 0.6) is 0 Å². The fraction of sp³-hybridized carbons (Fsp3) is 0.562. The van der Waals surface area contributed by atoms with Gasteiger partial charge in [-0.3, -0.25) is 4.99 Å². The third kappa shape index (κ3) is 5.56. The smallest absolute Gasteiger partial charge is 0.228 e. The van der Waals surface area contributed by atoms with E-state index < -0.39 is 0 Å². The number of nitrogens with one attached hydrogen (secondary N) is 1. The van der Waals surface area contributed by atoms with Crippen molar-refractivity contribution < 1.29 is 4.52 Å². The SMILES string of the molecule is CCNC(=NCCc1nc(C)no1)N1CCN(c2cccs2)CC1.I. The Kier molecular flexibility index (Phi) is 7.94. The molecule has 0 aliphatic carbocycles. The van der Waals surface area contributed by atoms with Gasteiger partial charge in [-0.05, 0) is 31.4 Å². The van der Waals surface area contributed by atoms with Gasteiger partial charge < -0.3 is 19.6 Å². The van der Waals surface area contributed by atoms with E-state index in [4.69, 9.17) is 9.52 Å². The maximum absolute atomic E-state index is 5.14. The van der Waals surface area contributed by atoms with Gasteiger partial charge in [-0.2, -0.15) is 4.98 Å². The van der Waals surface area contributed by atoms with Gasteiger partial charge in [0.05, 0.1) is 11.5 Å². The van der Waals surface area contributed by atoms with Crippen molar-refractivity contribution in [3.8, 4) is 0 Å². The minimum absolute atomic E-state index is 0. The average molecular weight is 476 g/mol. The van der Waals surface area contributed by atoms with Crippen molar-refractivity contribution in [3.63, 3.8) is 0 Å². The fourth-order valence-corrected chi connectivity index (χ4v) is 3.50. The number of aromatic nitrogens is 2. The zero-order valence-corrected chi connectivity index (χ0v) is 17.8. The van der Waals surface area contributed by atoms with E-state index in [1.165, 1.54) is 5.00 Å². The van der Waals surface area contributed by atoms with Gasteiger partial charge in [0, 0.05) is 39.1 Å². The predicted octanol–water partition coefficient (Wildman–Crippen LogP) is 2.39. The van der Waals surface area contributed by atoms with Crippen molar-refractivity contribution in [3.05, 3.63) is 29.2 Å². The van der Waals surface area contributed by atoms with Gasteiger partial charge in [-0.15, -0.1) is 35.3 Å². The highest BCUT2D eigenvalue weighted by Crippen LogP contribution is 2.22. The lowest BCUT2D eigenvalue weighted by Gasteiger charge is -2.37. The number of nitrogens with zero attached hydrogens (tertiary/aromatic N) is 5. The molecule has 1 aliphatic heterocycles. The number of aliphatic imine (C=N–C) groups is 1. The minimum atomic E-state index is 0. The molecule has 0 unspecified atom stereocenters. The highest BCUT2D eigenvalue weighted by Gasteiger charge is 2.20. The number of hydrogen-bond acceptors (Lipinski definition) is 6. The Morgan fingerprint density at radius 2 is 2.16 bits per heavy atom. The number of aryl methyl sites for hydroxylation is 1. The van der Waals surface area contributed by atoms with Crippen molar-refractivity contribution in [1.29, 1.82) is 0 Å². The van der Waals surface area contributed by atoms with E-state index in [1.54, 1.807) is 11.3 Å². The first-order chi connectivity index (χ1) is 11.8. The average Bonchev–Trinajstić information content (AvgIpc) is 3.26. The van der Waals surface area contributed by atoms with Gasteiger partial charge in [0.15, 0.2) is 11.8 Å². The van der Waals surface area contributed by atoms with Gasteiger partial charge >= 0.3 is 0 Å². The Morgan fingerprint density at radius 3 is 2.76 bits per heavy atom. The third-order valence-corrected chi connectivity index (χ3v) is 4.82. The molecule has 7 nitrogen and oxygen atoms in total. The van der Waals surface area contributed by atoms with Gasteiger partial charge in [-0.1, -0.05) is 5.16 Å². The summed E-state index contributed by atoms with van der Waals surface area (Å²) in [5, 5.41) is 10.7. The first kappa shape index (κ1) is 20.0. The second-order valence-electron chi connectivity index (χ2n) is 5.65. The lowest BCUT2D eigenvalue weighted by atomic mass is 10.3. The van der Waals surface area contributed by atoms with Crippen LogP contribution in [0.2, 0.25) is 0 Å². The van der Waals surface area contributed by atoms with E-state index in [1.807, 2.05) is 6.92 Å². The molecular formula is C16H25IN6OS. The summed E-state index contributed by atoms with van der Waals surface area (Å²) in [5.41, 5.74) is 0. The number of guanidine groups is 1. The molecule has 9 heteroatoms. The van der Waals surface area contributed by atoms with Crippen molar-refractivity contribution >= 4 is 46.3 Å². The normalized spacial score (nSPS) is 15.2. The van der Waals surface area contributed by atoms with Crippen LogP contribution in [0, 0.1) is 6.92 Å². The number of rotatable bonds is 5. The van der Waals surface area contributed by atoms with E-state index in [9.17, 15) is 0 Å². The predicted molar refractivity (Wildman–Crippen MR) is 112 cm³/mol. The molecule has 1 fully saturated rings. The van der Waals surface area contributed by atoms with Crippen LogP contribution in [0.25, 0.3) is 0 Å². The zero-order valence-electron chi connectivity index (χ0n) is 14.6. The summed E-state index contributed by atoms with van der Waals surface area (Å²) < 4.78 is 5.14. The Morgan fingerprint density at radius 1 is 1.36 bits per heavy atom. The summed E-state index contributed by atoms with van der Waals surface area (Å²) >= 11 is 1.80. The van der Waals surface area contributed by atoms with Crippen LogP contribution in [0.4, 0.5) is 5.00 Å². The maximum Gasteiger partial charge on any atom is 0.228 e. The van der Waals surface area contributed by atoms with E-state index >= 15 is 0 Å². The highest BCUT2D eigenvalue weighted by molar-refractivity contribution is 14.0. The van der Waals surface area contributed by atoms with Crippen LogP contribution in [0.15, 0.2) is 27.0 Å². The molecule has 1 N–H and O–H groups in total.